The lowest BCUT2D eigenvalue weighted by molar-refractivity contribution is -0.115. The Morgan fingerprint density at radius 1 is 1.08 bits per heavy atom. The van der Waals surface area contributed by atoms with E-state index in [1.807, 2.05) is 32.0 Å². The fourth-order valence-corrected chi connectivity index (χ4v) is 2.85. The number of hydrogen-bond donors (Lipinski definition) is 1. The van der Waals surface area contributed by atoms with E-state index in [2.05, 4.69) is 5.32 Å². The minimum atomic E-state index is -3.29. The number of rotatable bonds is 5. The Kier molecular flexibility index (Phi) is 5.29. The number of sulfonamides is 1. The number of hydrogen-bond acceptors (Lipinski definition) is 3. The number of nitrogens with one attached hydrogen (secondary N) is 1. The molecule has 0 heterocycles. The summed E-state index contributed by atoms with van der Waals surface area (Å²) < 4.78 is 24.2. The van der Waals surface area contributed by atoms with Gasteiger partial charge in [0.05, 0.1) is 18.4 Å². The largest absolute Gasteiger partial charge is 0.326 e. The van der Waals surface area contributed by atoms with Crippen LogP contribution in [0.3, 0.4) is 0 Å². The molecule has 0 aromatic heterocycles. The van der Waals surface area contributed by atoms with Gasteiger partial charge in [0.2, 0.25) is 15.9 Å². The third-order valence-corrected chi connectivity index (χ3v) is 5.02. The summed E-state index contributed by atoms with van der Waals surface area (Å²) in [5, 5.41) is 2.90. The molecule has 0 unspecified atom stereocenters. The number of carbonyl (C=O) groups excluding carboxylic acids is 1. The second-order valence-electron chi connectivity index (χ2n) is 5.94. The zero-order valence-corrected chi connectivity index (χ0v) is 15.1. The van der Waals surface area contributed by atoms with E-state index in [1.165, 1.54) is 11.4 Å². The summed E-state index contributed by atoms with van der Waals surface area (Å²) in [6.45, 7) is 3.96. The molecule has 0 atom stereocenters. The van der Waals surface area contributed by atoms with Crippen molar-refractivity contribution in [1.29, 1.82) is 0 Å². The number of benzene rings is 2. The quantitative estimate of drug-likeness (QED) is 0.905. The van der Waals surface area contributed by atoms with Crippen LogP contribution in [0.1, 0.15) is 16.7 Å². The predicted octanol–water partition coefficient (Wildman–Crippen LogP) is 2.88. The number of aryl methyl sites for hydroxylation is 2. The fourth-order valence-electron chi connectivity index (χ4n) is 2.35. The average Bonchev–Trinajstić information content (AvgIpc) is 2.49. The first-order chi connectivity index (χ1) is 11.2. The molecule has 1 N–H and O–H groups in total. The molecule has 24 heavy (non-hydrogen) atoms. The number of nitrogens with zero attached hydrogens (tertiary/aromatic N) is 1. The summed E-state index contributed by atoms with van der Waals surface area (Å²) in [7, 11) is -1.79. The van der Waals surface area contributed by atoms with Gasteiger partial charge in [0, 0.05) is 12.7 Å². The van der Waals surface area contributed by atoms with E-state index in [1.54, 1.807) is 24.3 Å². The molecule has 5 nitrogen and oxygen atoms in total. The fraction of sp³-hybridized carbons (Fsp3) is 0.278. The van der Waals surface area contributed by atoms with Crippen LogP contribution < -0.4 is 9.62 Å². The molecule has 0 aliphatic rings. The van der Waals surface area contributed by atoms with Gasteiger partial charge < -0.3 is 5.32 Å². The molecule has 128 valence electrons. The third kappa shape index (κ3) is 4.58. The van der Waals surface area contributed by atoms with Gasteiger partial charge in [-0.05, 0) is 43.2 Å². The highest BCUT2D eigenvalue weighted by atomic mass is 32.2. The van der Waals surface area contributed by atoms with E-state index < -0.39 is 10.0 Å². The number of amides is 1. The molecule has 6 heteroatoms. The molecule has 0 bridgehead atoms. The summed E-state index contributed by atoms with van der Waals surface area (Å²) in [5.74, 6) is -0.105. The van der Waals surface area contributed by atoms with Gasteiger partial charge >= 0.3 is 0 Å². The van der Waals surface area contributed by atoms with Crippen molar-refractivity contribution >= 4 is 27.3 Å². The molecule has 1 amide bonds. The molecule has 0 aliphatic carbocycles. The maximum atomic E-state index is 12.2. The topological polar surface area (TPSA) is 66.5 Å². The van der Waals surface area contributed by atoms with Gasteiger partial charge in [0.15, 0.2) is 0 Å². The Balaban J connectivity index is 2.04. The van der Waals surface area contributed by atoms with Crippen LogP contribution in [0, 0.1) is 13.8 Å². The zero-order chi connectivity index (χ0) is 17.9. The minimum absolute atomic E-state index is 0.105. The summed E-state index contributed by atoms with van der Waals surface area (Å²) in [6, 6.07) is 12.8. The van der Waals surface area contributed by atoms with Crippen LogP contribution in [0.4, 0.5) is 11.4 Å². The molecule has 0 saturated heterocycles. The van der Waals surface area contributed by atoms with Crippen LogP contribution in [0.25, 0.3) is 0 Å². The first-order valence-corrected chi connectivity index (χ1v) is 9.41. The van der Waals surface area contributed by atoms with E-state index in [0.717, 1.165) is 28.6 Å². The van der Waals surface area contributed by atoms with Crippen LogP contribution in [0.5, 0.6) is 0 Å². The summed E-state index contributed by atoms with van der Waals surface area (Å²) in [6.07, 6.45) is 1.38. The van der Waals surface area contributed by atoms with Gasteiger partial charge in [0.1, 0.15) is 0 Å². The normalized spacial score (nSPS) is 11.2. The lowest BCUT2D eigenvalue weighted by atomic mass is 10.1. The highest BCUT2D eigenvalue weighted by molar-refractivity contribution is 7.92. The summed E-state index contributed by atoms with van der Waals surface area (Å²) >= 11 is 0. The van der Waals surface area contributed by atoms with Gasteiger partial charge in [-0.3, -0.25) is 9.10 Å². The third-order valence-electron chi connectivity index (χ3n) is 3.82. The molecule has 2 rings (SSSR count). The van der Waals surface area contributed by atoms with E-state index in [-0.39, 0.29) is 12.3 Å². The van der Waals surface area contributed by atoms with Crippen LogP contribution in [0.2, 0.25) is 0 Å². The van der Waals surface area contributed by atoms with Gasteiger partial charge in [-0.2, -0.15) is 0 Å². The Bertz CT molecular complexity index is 843. The standard InChI is InChI=1S/C18H22N2O3S/c1-13-5-10-17(14(2)11-13)19-18(21)12-15-6-8-16(9-7-15)20(3)24(4,22)23/h5-11H,12H2,1-4H3,(H,19,21). The van der Waals surface area contributed by atoms with Crippen molar-refractivity contribution in [2.75, 3.05) is 22.9 Å². The first kappa shape index (κ1) is 18.0. The monoisotopic (exact) mass is 346 g/mol. The van der Waals surface area contributed by atoms with Crippen LogP contribution in [-0.4, -0.2) is 27.6 Å². The van der Waals surface area contributed by atoms with Crippen molar-refractivity contribution in [2.45, 2.75) is 20.3 Å². The lowest BCUT2D eigenvalue weighted by Gasteiger charge is -2.16. The Morgan fingerprint density at radius 3 is 2.25 bits per heavy atom. The lowest BCUT2D eigenvalue weighted by Crippen LogP contribution is -2.24. The molecular weight excluding hydrogens is 324 g/mol. The first-order valence-electron chi connectivity index (χ1n) is 7.57. The van der Waals surface area contributed by atoms with Gasteiger partial charge in [-0.1, -0.05) is 29.8 Å². The zero-order valence-electron chi connectivity index (χ0n) is 14.3. The van der Waals surface area contributed by atoms with Gasteiger partial charge in [0.25, 0.3) is 0 Å². The van der Waals surface area contributed by atoms with Gasteiger partial charge in [-0.15, -0.1) is 0 Å². The minimum Gasteiger partial charge on any atom is -0.326 e. The summed E-state index contributed by atoms with van der Waals surface area (Å²) in [5.41, 5.74) is 4.36. The second kappa shape index (κ2) is 7.05. The molecule has 0 radical (unpaired) electrons. The molecular formula is C18H22N2O3S. The number of anilines is 2. The highest BCUT2D eigenvalue weighted by Gasteiger charge is 2.12. The number of carbonyl (C=O) groups is 1. The van der Waals surface area contributed by atoms with Crippen LogP contribution >= 0.6 is 0 Å². The molecule has 0 fully saturated rings. The van der Waals surface area contributed by atoms with Crippen molar-refractivity contribution in [2.24, 2.45) is 0 Å². The summed E-state index contributed by atoms with van der Waals surface area (Å²) in [4.78, 5) is 12.2. The van der Waals surface area contributed by atoms with Crippen molar-refractivity contribution < 1.29 is 13.2 Å². The molecule has 0 aliphatic heterocycles. The molecule has 0 spiro atoms. The van der Waals surface area contributed by atoms with E-state index in [4.69, 9.17) is 0 Å². The van der Waals surface area contributed by atoms with Crippen LogP contribution in [0.15, 0.2) is 42.5 Å². The van der Waals surface area contributed by atoms with E-state index in [9.17, 15) is 13.2 Å². The highest BCUT2D eigenvalue weighted by Crippen LogP contribution is 2.18. The maximum Gasteiger partial charge on any atom is 0.231 e. The van der Waals surface area contributed by atoms with Crippen molar-refractivity contribution in [3.63, 3.8) is 0 Å². The van der Waals surface area contributed by atoms with Crippen molar-refractivity contribution in [3.05, 3.63) is 59.2 Å². The van der Waals surface area contributed by atoms with Crippen molar-refractivity contribution in [3.8, 4) is 0 Å². The molecule has 2 aromatic rings. The predicted molar refractivity (Wildman–Crippen MR) is 97.9 cm³/mol. The average molecular weight is 346 g/mol. The van der Waals surface area contributed by atoms with Gasteiger partial charge in [-0.25, -0.2) is 8.42 Å². The van der Waals surface area contributed by atoms with E-state index in [0.29, 0.717) is 5.69 Å². The smallest absolute Gasteiger partial charge is 0.231 e. The SMILES string of the molecule is Cc1ccc(NC(=O)Cc2ccc(N(C)S(C)(=O)=O)cc2)c(C)c1. The molecule has 2 aromatic carbocycles. The molecule has 0 saturated carbocycles. The maximum absolute atomic E-state index is 12.2. The second-order valence-corrected chi connectivity index (χ2v) is 7.95. The van der Waals surface area contributed by atoms with Crippen molar-refractivity contribution in [1.82, 2.24) is 0 Å². The Hall–Kier alpha value is -2.34. The Labute approximate surface area is 143 Å². The Morgan fingerprint density at radius 2 is 1.71 bits per heavy atom. The van der Waals surface area contributed by atoms with Crippen LogP contribution in [-0.2, 0) is 21.2 Å². The van der Waals surface area contributed by atoms with E-state index >= 15 is 0 Å².